The third-order valence-electron chi connectivity index (χ3n) is 1.84. The number of rotatable bonds is 3. The third-order valence-corrected chi connectivity index (χ3v) is 2.28. The summed E-state index contributed by atoms with van der Waals surface area (Å²) in [6, 6.07) is 1.21. The number of nitrogens with zero attached hydrogens (tertiary/aromatic N) is 2. The molecule has 0 amide bonds. The van der Waals surface area contributed by atoms with E-state index in [1.54, 1.807) is 0 Å². The highest BCUT2D eigenvalue weighted by Gasteiger charge is 2.31. The van der Waals surface area contributed by atoms with Gasteiger partial charge in [-0.25, -0.2) is 9.78 Å². The molecule has 1 heterocycles. The van der Waals surface area contributed by atoms with E-state index in [0.717, 1.165) is 11.9 Å². The number of hydrogen-bond acceptors (Lipinski definition) is 3. The molecule has 94 valence electrons. The van der Waals surface area contributed by atoms with Crippen molar-refractivity contribution in [1.82, 2.24) is 4.98 Å². The number of alkyl halides is 3. The van der Waals surface area contributed by atoms with E-state index in [1.165, 1.54) is 12.3 Å². The Morgan fingerprint density at radius 2 is 2.18 bits per heavy atom. The van der Waals surface area contributed by atoms with Gasteiger partial charge in [0.25, 0.3) is 0 Å². The van der Waals surface area contributed by atoms with Gasteiger partial charge in [-0.2, -0.15) is 13.2 Å². The minimum Gasteiger partial charge on any atom is -0.478 e. The molecule has 1 rings (SSSR count). The molecule has 0 aliphatic heterocycles. The first-order valence-corrected chi connectivity index (χ1v) is 5.17. The van der Waals surface area contributed by atoms with Crippen LogP contribution in [0.3, 0.4) is 0 Å². The summed E-state index contributed by atoms with van der Waals surface area (Å²) < 4.78 is 36.9. The van der Waals surface area contributed by atoms with E-state index >= 15 is 0 Å². The molecular weight excluding hydrogens is 305 g/mol. The van der Waals surface area contributed by atoms with Crippen molar-refractivity contribution in [3.8, 4) is 0 Å². The van der Waals surface area contributed by atoms with Crippen LogP contribution in [0, 0.1) is 0 Å². The highest BCUT2D eigenvalue weighted by atomic mass is 79.9. The Bertz CT molecular complexity index is 437. The lowest BCUT2D eigenvalue weighted by molar-refractivity contribution is -0.119. The standard InChI is InChI=1S/C9H8BrF3N2O2/c1-15(4-9(11,12)13)7-6(8(16)17)2-5(10)3-14-7/h2-3H,4H2,1H3,(H,16,17). The molecule has 1 N–H and O–H groups in total. The summed E-state index contributed by atoms with van der Waals surface area (Å²) in [6.45, 7) is -1.26. The molecular formula is C9H8BrF3N2O2. The number of hydrogen-bond donors (Lipinski definition) is 1. The molecule has 0 fully saturated rings. The molecule has 1 aromatic rings. The number of pyridine rings is 1. The summed E-state index contributed by atoms with van der Waals surface area (Å²) in [6.07, 6.45) is -3.17. The second-order valence-corrected chi connectivity index (χ2v) is 4.22. The Labute approximate surface area is 103 Å². The van der Waals surface area contributed by atoms with Gasteiger partial charge in [0.1, 0.15) is 17.9 Å². The SMILES string of the molecule is CN(CC(F)(F)F)c1ncc(Br)cc1C(=O)O. The third kappa shape index (κ3) is 3.88. The fourth-order valence-electron chi connectivity index (χ4n) is 1.24. The smallest absolute Gasteiger partial charge is 0.405 e. The quantitative estimate of drug-likeness (QED) is 0.932. The monoisotopic (exact) mass is 312 g/mol. The van der Waals surface area contributed by atoms with Crippen molar-refractivity contribution in [3.63, 3.8) is 0 Å². The van der Waals surface area contributed by atoms with Gasteiger partial charge in [-0.3, -0.25) is 0 Å². The normalized spacial score (nSPS) is 11.4. The molecule has 0 radical (unpaired) electrons. The summed E-state index contributed by atoms with van der Waals surface area (Å²) in [5.41, 5.74) is -0.286. The fourth-order valence-corrected chi connectivity index (χ4v) is 1.57. The first-order chi connectivity index (χ1) is 7.70. The van der Waals surface area contributed by atoms with E-state index in [4.69, 9.17) is 5.11 Å². The number of carboxylic acid groups (broad SMARTS) is 1. The highest BCUT2D eigenvalue weighted by molar-refractivity contribution is 9.10. The summed E-state index contributed by atoms with van der Waals surface area (Å²) in [5.74, 6) is -1.55. The molecule has 17 heavy (non-hydrogen) atoms. The molecule has 1 aromatic heterocycles. The van der Waals surface area contributed by atoms with E-state index in [9.17, 15) is 18.0 Å². The van der Waals surface area contributed by atoms with Crippen LogP contribution in [0.4, 0.5) is 19.0 Å². The largest absolute Gasteiger partial charge is 0.478 e. The number of carboxylic acids is 1. The number of aromatic nitrogens is 1. The fraction of sp³-hybridized carbons (Fsp3) is 0.333. The first-order valence-electron chi connectivity index (χ1n) is 4.37. The summed E-state index contributed by atoms with van der Waals surface area (Å²) >= 11 is 3.01. The van der Waals surface area contributed by atoms with Crippen molar-refractivity contribution in [3.05, 3.63) is 22.3 Å². The second-order valence-electron chi connectivity index (χ2n) is 3.30. The van der Waals surface area contributed by atoms with E-state index in [0.29, 0.717) is 4.47 Å². The zero-order valence-electron chi connectivity index (χ0n) is 8.62. The van der Waals surface area contributed by atoms with Crippen LogP contribution in [0.1, 0.15) is 10.4 Å². The molecule has 4 nitrogen and oxygen atoms in total. The van der Waals surface area contributed by atoms with Crippen molar-refractivity contribution >= 4 is 27.7 Å². The van der Waals surface area contributed by atoms with Gasteiger partial charge < -0.3 is 10.0 Å². The van der Waals surface area contributed by atoms with Crippen LogP contribution in [0.2, 0.25) is 0 Å². The Hall–Kier alpha value is -1.31. The van der Waals surface area contributed by atoms with Crippen LogP contribution < -0.4 is 4.90 Å². The van der Waals surface area contributed by atoms with Crippen molar-refractivity contribution < 1.29 is 23.1 Å². The van der Waals surface area contributed by atoms with Gasteiger partial charge in [0.15, 0.2) is 0 Å². The lowest BCUT2D eigenvalue weighted by Gasteiger charge is -2.21. The minimum absolute atomic E-state index is 0.224. The van der Waals surface area contributed by atoms with E-state index < -0.39 is 18.7 Å². The van der Waals surface area contributed by atoms with Crippen LogP contribution in [0.25, 0.3) is 0 Å². The maximum absolute atomic E-state index is 12.2. The minimum atomic E-state index is -4.42. The van der Waals surface area contributed by atoms with Crippen molar-refractivity contribution in [2.45, 2.75) is 6.18 Å². The summed E-state index contributed by atoms with van der Waals surface area (Å²) in [7, 11) is 1.14. The Balaban J connectivity index is 3.09. The van der Waals surface area contributed by atoms with Gasteiger partial charge in [0.05, 0.1) is 0 Å². The maximum Gasteiger partial charge on any atom is 0.405 e. The zero-order valence-corrected chi connectivity index (χ0v) is 10.2. The number of anilines is 1. The molecule has 0 saturated carbocycles. The number of aromatic carboxylic acids is 1. The highest BCUT2D eigenvalue weighted by Crippen LogP contribution is 2.24. The van der Waals surface area contributed by atoms with Gasteiger partial charge in [-0.05, 0) is 22.0 Å². The van der Waals surface area contributed by atoms with Crippen LogP contribution in [0.15, 0.2) is 16.7 Å². The molecule has 0 bridgehead atoms. The van der Waals surface area contributed by atoms with Crippen LogP contribution in [-0.4, -0.2) is 35.8 Å². The predicted octanol–water partition coefficient (Wildman–Crippen LogP) is 2.54. The Kier molecular flexibility index (Phi) is 3.97. The summed E-state index contributed by atoms with van der Waals surface area (Å²) in [5, 5.41) is 8.87. The van der Waals surface area contributed by atoms with Gasteiger partial charge >= 0.3 is 12.1 Å². The van der Waals surface area contributed by atoms with Gasteiger partial charge in [-0.15, -0.1) is 0 Å². The Morgan fingerprint density at radius 1 is 1.59 bits per heavy atom. The lowest BCUT2D eigenvalue weighted by atomic mass is 10.2. The molecule has 0 aromatic carbocycles. The van der Waals surface area contributed by atoms with Gasteiger partial charge in [0, 0.05) is 17.7 Å². The van der Waals surface area contributed by atoms with E-state index in [1.807, 2.05) is 0 Å². The molecule has 0 unspecified atom stereocenters. The van der Waals surface area contributed by atoms with Crippen molar-refractivity contribution in [2.24, 2.45) is 0 Å². The van der Waals surface area contributed by atoms with Crippen LogP contribution >= 0.6 is 15.9 Å². The van der Waals surface area contributed by atoms with Crippen molar-refractivity contribution in [2.75, 3.05) is 18.5 Å². The maximum atomic E-state index is 12.2. The number of carbonyl (C=O) groups is 1. The average molecular weight is 313 g/mol. The molecule has 0 aliphatic rings. The average Bonchev–Trinajstić information content (AvgIpc) is 2.14. The predicted molar refractivity (Wildman–Crippen MR) is 58.2 cm³/mol. The van der Waals surface area contributed by atoms with Crippen molar-refractivity contribution in [1.29, 1.82) is 0 Å². The van der Waals surface area contributed by atoms with E-state index in [2.05, 4.69) is 20.9 Å². The molecule has 0 spiro atoms. The molecule has 0 atom stereocenters. The summed E-state index contributed by atoms with van der Waals surface area (Å²) in [4.78, 5) is 15.3. The molecule has 0 aliphatic carbocycles. The lowest BCUT2D eigenvalue weighted by Crippen LogP contribution is -2.32. The van der Waals surface area contributed by atoms with Gasteiger partial charge in [0.2, 0.25) is 0 Å². The topological polar surface area (TPSA) is 53.4 Å². The van der Waals surface area contributed by atoms with Crippen LogP contribution in [0.5, 0.6) is 0 Å². The molecule has 8 heteroatoms. The number of halogens is 4. The second kappa shape index (κ2) is 4.91. The Morgan fingerprint density at radius 3 is 2.65 bits per heavy atom. The first kappa shape index (κ1) is 13.8. The van der Waals surface area contributed by atoms with Crippen LogP contribution in [-0.2, 0) is 0 Å². The van der Waals surface area contributed by atoms with Gasteiger partial charge in [-0.1, -0.05) is 0 Å². The zero-order chi connectivity index (χ0) is 13.2. The molecule has 0 saturated heterocycles. The van der Waals surface area contributed by atoms with E-state index in [-0.39, 0.29) is 11.4 Å².